The van der Waals surface area contributed by atoms with E-state index in [9.17, 15) is 5.11 Å². The predicted octanol–water partition coefficient (Wildman–Crippen LogP) is 0.151. The summed E-state index contributed by atoms with van der Waals surface area (Å²) in [4.78, 5) is 0. The van der Waals surface area contributed by atoms with Gasteiger partial charge in [-0.2, -0.15) is 0 Å². The van der Waals surface area contributed by atoms with Crippen molar-refractivity contribution < 1.29 is 19.7 Å². The largest absolute Gasteiger partial charge is 0.396 e. The van der Waals surface area contributed by atoms with E-state index in [-0.39, 0.29) is 18.1 Å². The highest BCUT2D eigenvalue weighted by molar-refractivity contribution is 4.94. The van der Waals surface area contributed by atoms with Crippen LogP contribution in [0, 0.1) is 5.41 Å². The lowest BCUT2D eigenvalue weighted by atomic mass is 10.1. The second-order valence-corrected chi connectivity index (χ2v) is 5.44. The summed E-state index contributed by atoms with van der Waals surface area (Å²) in [7, 11) is 0. The van der Waals surface area contributed by atoms with E-state index in [1.54, 1.807) is 0 Å². The summed E-state index contributed by atoms with van der Waals surface area (Å²) in [6.45, 7) is 6.87. The monoisotopic (exact) mass is 261 g/mol. The standard InChI is InChI=1S/C13H27NO4/c1-11(2)18-6-5-17-8-12(16)7-14-9-13(10-15)3-4-13/h11-12,14-16H,3-10H2,1-2H3. The van der Waals surface area contributed by atoms with Crippen molar-refractivity contribution in [1.29, 1.82) is 0 Å². The summed E-state index contributed by atoms with van der Waals surface area (Å²) in [5.74, 6) is 0. The van der Waals surface area contributed by atoms with Crippen LogP contribution in [0.15, 0.2) is 0 Å². The average Bonchev–Trinajstić information content (AvgIpc) is 3.09. The van der Waals surface area contributed by atoms with Gasteiger partial charge in [-0.15, -0.1) is 0 Å². The van der Waals surface area contributed by atoms with Crippen molar-refractivity contribution in [2.45, 2.75) is 38.9 Å². The van der Waals surface area contributed by atoms with E-state index < -0.39 is 6.10 Å². The van der Waals surface area contributed by atoms with E-state index in [1.165, 1.54) is 0 Å². The number of hydrogen-bond donors (Lipinski definition) is 3. The summed E-state index contributed by atoms with van der Waals surface area (Å²) >= 11 is 0. The maximum atomic E-state index is 9.66. The highest BCUT2D eigenvalue weighted by atomic mass is 16.5. The third-order valence-electron chi connectivity index (χ3n) is 3.16. The molecule has 0 aliphatic heterocycles. The van der Waals surface area contributed by atoms with Gasteiger partial charge < -0.3 is 25.0 Å². The molecule has 0 aromatic rings. The molecule has 0 aromatic heterocycles. The highest BCUT2D eigenvalue weighted by Crippen LogP contribution is 2.44. The molecule has 1 unspecified atom stereocenters. The minimum absolute atomic E-state index is 0.0890. The van der Waals surface area contributed by atoms with E-state index in [1.807, 2.05) is 13.8 Å². The van der Waals surface area contributed by atoms with Crippen molar-refractivity contribution >= 4 is 0 Å². The van der Waals surface area contributed by atoms with Gasteiger partial charge in [0.1, 0.15) is 0 Å². The van der Waals surface area contributed by atoms with Crippen molar-refractivity contribution in [1.82, 2.24) is 5.32 Å². The van der Waals surface area contributed by atoms with Gasteiger partial charge in [0.2, 0.25) is 0 Å². The van der Waals surface area contributed by atoms with Gasteiger partial charge in [-0.1, -0.05) is 0 Å². The molecular formula is C13H27NO4. The minimum atomic E-state index is -0.501. The fourth-order valence-electron chi connectivity index (χ4n) is 1.69. The van der Waals surface area contributed by atoms with Gasteiger partial charge in [0.05, 0.1) is 32.0 Å². The number of nitrogens with one attached hydrogen (secondary N) is 1. The average molecular weight is 261 g/mol. The smallest absolute Gasteiger partial charge is 0.0897 e. The zero-order valence-corrected chi connectivity index (χ0v) is 11.5. The molecule has 0 amide bonds. The fourth-order valence-corrected chi connectivity index (χ4v) is 1.69. The van der Waals surface area contributed by atoms with Crippen LogP contribution in [0.2, 0.25) is 0 Å². The van der Waals surface area contributed by atoms with Crippen LogP contribution < -0.4 is 5.32 Å². The molecule has 1 aliphatic carbocycles. The second-order valence-electron chi connectivity index (χ2n) is 5.44. The Morgan fingerprint density at radius 3 is 2.56 bits per heavy atom. The van der Waals surface area contributed by atoms with Crippen molar-refractivity contribution in [3.8, 4) is 0 Å². The Balaban J connectivity index is 1.89. The quantitative estimate of drug-likeness (QED) is 0.462. The Morgan fingerprint density at radius 2 is 2.00 bits per heavy atom. The SMILES string of the molecule is CC(C)OCCOCC(O)CNCC1(CO)CC1. The molecule has 0 bridgehead atoms. The van der Waals surface area contributed by atoms with E-state index >= 15 is 0 Å². The number of ether oxygens (including phenoxy) is 2. The van der Waals surface area contributed by atoms with Gasteiger partial charge in [0.25, 0.3) is 0 Å². The summed E-state index contributed by atoms with van der Waals surface area (Å²) < 4.78 is 10.6. The molecule has 5 nitrogen and oxygen atoms in total. The Kier molecular flexibility index (Phi) is 7.11. The maximum absolute atomic E-state index is 9.66. The van der Waals surface area contributed by atoms with E-state index in [0.29, 0.717) is 26.4 Å². The number of rotatable bonds is 11. The van der Waals surface area contributed by atoms with Crippen molar-refractivity contribution in [3.63, 3.8) is 0 Å². The molecule has 0 spiro atoms. The summed E-state index contributed by atoms with van der Waals surface area (Å²) in [5, 5.41) is 22.0. The van der Waals surface area contributed by atoms with Crippen LogP contribution >= 0.6 is 0 Å². The minimum Gasteiger partial charge on any atom is -0.396 e. The van der Waals surface area contributed by atoms with Crippen molar-refractivity contribution in [2.75, 3.05) is 39.5 Å². The Morgan fingerprint density at radius 1 is 1.28 bits per heavy atom. The number of aliphatic hydroxyl groups is 2. The molecule has 1 aliphatic rings. The lowest BCUT2D eigenvalue weighted by molar-refractivity contribution is -0.0103. The topological polar surface area (TPSA) is 71.0 Å². The number of aliphatic hydroxyl groups excluding tert-OH is 2. The van der Waals surface area contributed by atoms with Gasteiger partial charge in [0, 0.05) is 25.1 Å². The van der Waals surface area contributed by atoms with Gasteiger partial charge >= 0.3 is 0 Å². The van der Waals surface area contributed by atoms with Crippen molar-refractivity contribution in [3.05, 3.63) is 0 Å². The molecule has 1 saturated carbocycles. The lowest BCUT2D eigenvalue weighted by Gasteiger charge is -2.16. The van der Waals surface area contributed by atoms with Crippen LogP contribution in [0.25, 0.3) is 0 Å². The van der Waals surface area contributed by atoms with Gasteiger partial charge in [-0.05, 0) is 26.7 Å². The van der Waals surface area contributed by atoms with Crippen molar-refractivity contribution in [2.24, 2.45) is 5.41 Å². The molecule has 1 atom stereocenters. The zero-order chi connectivity index (χ0) is 13.4. The van der Waals surface area contributed by atoms with Crippen LogP contribution in [0.3, 0.4) is 0 Å². The second kappa shape index (κ2) is 8.07. The lowest BCUT2D eigenvalue weighted by Crippen LogP contribution is -2.35. The first-order chi connectivity index (χ1) is 8.58. The van der Waals surface area contributed by atoms with Gasteiger partial charge in [0.15, 0.2) is 0 Å². The normalized spacial score (nSPS) is 19.2. The first kappa shape index (κ1) is 15.9. The highest BCUT2D eigenvalue weighted by Gasteiger charge is 2.41. The number of hydrogen-bond acceptors (Lipinski definition) is 5. The first-order valence-electron chi connectivity index (χ1n) is 6.77. The van der Waals surface area contributed by atoms with Crippen LogP contribution in [0.1, 0.15) is 26.7 Å². The molecule has 1 fully saturated rings. The van der Waals surface area contributed by atoms with Crippen LogP contribution in [-0.4, -0.2) is 61.9 Å². The molecule has 0 aromatic carbocycles. The fraction of sp³-hybridized carbons (Fsp3) is 1.00. The van der Waals surface area contributed by atoms with Gasteiger partial charge in [-0.3, -0.25) is 0 Å². The summed E-state index contributed by atoms with van der Waals surface area (Å²) in [6.07, 6.45) is 1.87. The van der Waals surface area contributed by atoms with Gasteiger partial charge in [-0.25, -0.2) is 0 Å². The molecular weight excluding hydrogens is 234 g/mol. The van der Waals surface area contributed by atoms with E-state index in [0.717, 1.165) is 19.4 Å². The van der Waals surface area contributed by atoms with Crippen LogP contribution in [0.5, 0.6) is 0 Å². The molecule has 108 valence electrons. The summed E-state index contributed by atoms with van der Waals surface area (Å²) in [5.41, 5.74) is 0.0890. The first-order valence-corrected chi connectivity index (χ1v) is 6.77. The van der Waals surface area contributed by atoms with E-state index in [2.05, 4.69) is 5.32 Å². The molecule has 3 N–H and O–H groups in total. The molecule has 0 heterocycles. The Hall–Kier alpha value is -0.200. The maximum Gasteiger partial charge on any atom is 0.0897 e. The predicted molar refractivity (Wildman–Crippen MR) is 69.5 cm³/mol. The van der Waals surface area contributed by atoms with Crippen LogP contribution in [0.4, 0.5) is 0 Å². The molecule has 1 rings (SSSR count). The molecule has 18 heavy (non-hydrogen) atoms. The third-order valence-corrected chi connectivity index (χ3v) is 3.16. The summed E-state index contributed by atoms with van der Waals surface area (Å²) in [6, 6.07) is 0. The Bertz CT molecular complexity index is 219. The van der Waals surface area contributed by atoms with E-state index in [4.69, 9.17) is 14.6 Å². The zero-order valence-electron chi connectivity index (χ0n) is 11.5. The van der Waals surface area contributed by atoms with Crippen LogP contribution in [-0.2, 0) is 9.47 Å². The molecule has 0 radical (unpaired) electrons. The molecule has 5 heteroatoms. The molecule has 0 saturated heterocycles. The third kappa shape index (κ3) is 6.66. The Labute approximate surface area is 109 Å².